The smallest absolute Gasteiger partial charge is 0.248 e. The van der Waals surface area contributed by atoms with Gasteiger partial charge in [-0.15, -0.1) is 0 Å². The molecule has 0 spiro atoms. The van der Waals surface area contributed by atoms with Gasteiger partial charge < -0.3 is 5.32 Å². The van der Waals surface area contributed by atoms with Gasteiger partial charge in [-0.2, -0.15) is 0 Å². The number of alkyl halides is 2. The van der Waals surface area contributed by atoms with Crippen molar-refractivity contribution in [1.29, 1.82) is 0 Å². The first-order chi connectivity index (χ1) is 9.35. The number of hydrogen-bond donors (Lipinski definition) is 1. The van der Waals surface area contributed by atoms with Crippen molar-refractivity contribution in [2.45, 2.75) is 37.6 Å². The normalized spacial score (nSPS) is 20.9. The number of rotatable bonds is 3. The molecule has 0 amide bonds. The van der Waals surface area contributed by atoms with E-state index >= 15 is 0 Å². The molecule has 1 atom stereocenters. The second-order valence-electron chi connectivity index (χ2n) is 5.22. The van der Waals surface area contributed by atoms with Crippen molar-refractivity contribution in [2.75, 3.05) is 7.05 Å². The molecule has 1 unspecified atom stereocenters. The summed E-state index contributed by atoms with van der Waals surface area (Å²) in [5.74, 6) is -6.93. The van der Waals surface area contributed by atoms with Gasteiger partial charge in [-0.25, -0.2) is 22.0 Å². The lowest BCUT2D eigenvalue weighted by Gasteiger charge is -2.34. The fourth-order valence-electron chi connectivity index (χ4n) is 2.82. The van der Waals surface area contributed by atoms with E-state index in [0.29, 0.717) is 0 Å². The van der Waals surface area contributed by atoms with E-state index in [1.165, 1.54) is 6.07 Å². The first kappa shape index (κ1) is 15.2. The van der Waals surface area contributed by atoms with Gasteiger partial charge in [-0.3, -0.25) is 0 Å². The zero-order valence-corrected chi connectivity index (χ0v) is 11.0. The maximum atomic E-state index is 13.8. The summed E-state index contributed by atoms with van der Waals surface area (Å²) in [6, 6.07) is 1.43. The van der Waals surface area contributed by atoms with Gasteiger partial charge >= 0.3 is 0 Å². The summed E-state index contributed by atoms with van der Waals surface area (Å²) in [5, 5.41) is 2.83. The first-order valence-electron chi connectivity index (χ1n) is 6.54. The monoisotopic (exact) mass is 293 g/mol. The molecule has 0 heterocycles. The van der Waals surface area contributed by atoms with Crippen molar-refractivity contribution in [2.24, 2.45) is 5.92 Å². The van der Waals surface area contributed by atoms with Crippen LogP contribution in [-0.2, 0) is 0 Å². The summed E-state index contributed by atoms with van der Waals surface area (Å²) < 4.78 is 66.3. The molecule has 1 fully saturated rings. The second kappa shape index (κ2) is 5.68. The summed E-state index contributed by atoms with van der Waals surface area (Å²) in [7, 11) is 1.55. The molecule has 1 aromatic rings. The van der Waals surface area contributed by atoms with Gasteiger partial charge in [-0.05, 0) is 31.9 Å². The lowest BCUT2D eigenvalue weighted by atomic mass is 9.79. The lowest BCUT2D eigenvalue weighted by molar-refractivity contribution is -0.0496. The number of nitrogens with one attached hydrogen (secondary N) is 1. The highest BCUT2D eigenvalue weighted by molar-refractivity contribution is 5.24. The van der Waals surface area contributed by atoms with Crippen LogP contribution in [0.5, 0.6) is 0 Å². The predicted octanol–water partition coefficient (Wildman–Crippen LogP) is 4.19. The molecule has 0 saturated heterocycles. The lowest BCUT2D eigenvalue weighted by Crippen LogP contribution is -2.33. The minimum absolute atomic E-state index is 0.0124. The van der Waals surface area contributed by atoms with Gasteiger partial charge in [0.2, 0.25) is 5.92 Å². The summed E-state index contributed by atoms with van der Waals surface area (Å²) >= 11 is 0. The molecule has 112 valence electrons. The Hall–Kier alpha value is -1.17. The van der Waals surface area contributed by atoms with E-state index in [1.54, 1.807) is 7.05 Å². The molecule has 1 aromatic carbocycles. The molecule has 1 N–H and O–H groups in total. The zero-order chi connectivity index (χ0) is 14.9. The van der Waals surface area contributed by atoms with Crippen LogP contribution in [0.2, 0.25) is 0 Å². The molecule has 6 heteroatoms. The SMILES string of the molecule is CNC(c1ccc(F)c(F)c1F)C1CCC(F)(F)CC1. The van der Waals surface area contributed by atoms with Gasteiger partial charge in [0.05, 0.1) is 0 Å². The van der Waals surface area contributed by atoms with Crippen molar-refractivity contribution >= 4 is 0 Å². The minimum Gasteiger partial charge on any atom is -0.313 e. The third kappa shape index (κ3) is 2.95. The maximum Gasteiger partial charge on any atom is 0.248 e. The van der Waals surface area contributed by atoms with Crippen LogP contribution >= 0.6 is 0 Å². The van der Waals surface area contributed by atoms with Crippen LogP contribution in [0.1, 0.15) is 37.3 Å². The molecule has 1 aliphatic carbocycles. The van der Waals surface area contributed by atoms with E-state index in [9.17, 15) is 22.0 Å². The van der Waals surface area contributed by atoms with Crippen LogP contribution in [0.15, 0.2) is 12.1 Å². The Morgan fingerprint density at radius 2 is 1.70 bits per heavy atom. The van der Waals surface area contributed by atoms with Crippen LogP contribution in [0.4, 0.5) is 22.0 Å². The molecule has 1 nitrogen and oxygen atoms in total. The highest BCUT2D eigenvalue weighted by atomic mass is 19.3. The summed E-state index contributed by atoms with van der Waals surface area (Å²) in [6.45, 7) is 0. The maximum absolute atomic E-state index is 13.8. The number of benzene rings is 1. The summed E-state index contributed by atoms with van der Waals surface area (Å²) in [5.41, 5.74) is -0.0124. The molecule has 20 heavy (non-hydrogen) atoms. The van der Waals surface area contributed by atoms with Crippen molar-refractivity contribution in [3.63, 3.8) is 0 Å². The molecule has 0 aromatic heterocycles. The molecular weight excluding hydrogens is 277 g/mol. The first-order valence-corrected chi connectivity index (χ1v) is 6.54. The zero-order valence-electron chi connectivity index (χ0n) is 11.0. The largest absolute Gasteiger partial charge is 0.313 e. The van der Waals surface area contributed by atoms with Crippen LogP contribution < -0.4 is 5.32 Å². The standard InChI is InChI=1S/C14H16F5N/c1-20-13(8-4-6-14(18,19)7-5-8)9-2-3-10(15)12(17)11(9)16/h2-3,8,13,20H,4-7H2,1H3. The van der Waals surface area contributed by atoms with Crippen molar-refractivity contribution < 1.29 is 22.0 Å². The van der Waals surface area contributed by atoms with Crippen molar-refractivity contribution in [3.8, 4) is 0 Å². The van der Waals surface area contributed by atoms with E-state index in [-0.39, 0.29) is 37.2 Å². The third-order valence-corrected chi connectivity index (χ3v) is 3.94. The minimum atomic E-state index is -2.68. The van der Waals surface area contributed by atoms with Crippen LogP contribution in [0.3, 0.4) is 0 Å². The Balaban J connectivity index is 2.23. The van der Waals surface area contributed by atoms with E-state index in [1.807, 2.05) is 0 Å². The number of hydrogen-bond acceptors (Lipinski definition) is 1. The average Bonchev–Trinajstić information content (AvgIpc) is 2.41. The molecule has 0 aliphatic heterocycles. The molecule has 0 bridgehead atoms. The molecule has 2 rings (SSSR count). The fourth-order valence-corrected chi connectivity index (χ4v) is 2.82. The topological polar surface area (TPSA) is 12.0 Å². The second-order valence-corrected chi connectivity index (χ2v) is 5.22. The van der Waals surface area contributed by atoms with E-state index in [2.05, 4.69) is 5.32 Å². The highest BCUT2D eigenvalue weighted by Gasteiger charge is 2.38. The highest BCUT2D eigenvalue weighted by Crippen LogP contribution is 2.41. The molecule has 0 radical (unpaired) electrons. The van der Waals surface area contributed by atoms with Crippen molar-refractivity contribution in [3.05, 3.63) is 35.1 Å². The van der Waals surface area contributed by atoms with E-state index in [4.69, 9.17) is 0 Å². The Morgan fingerprint density at radius 3 is 2.25 bits per heavy atom. The van der Waals surface area contributed by atoms with Gasteiger partial charge in [0.15, 0.2) is 17.5 Å². The summed E-state index contributed by atoms with van der Waals surface area (Å²) in [4.78, 5) is 0. The molecule has 1 saturated carbocycles. The Bertz CT molecular complexity index is 479. The fraction of sp³-hybridized carbons (Fsp3) is 0.571. The van der Waals surface area contributed by atoms with E-state index < -0.39 is 29.4 Å². The van der Waals surface area contributed by atoms with Gasteiger partial charge in [0.25, 0.3) is 0 Å². The molecule has 1 aliphatic rings. The third-order valence-electron chi connectivity index (χ3n) is 3.94. The Labute approximate surface area is 114 Å². The van der Waals surface area contributed by atoms with Gasteiger partial charge in [0, 0.05) is 24.4 Å². The number of halogens is 5. The van der Waals surface area contributed by atoms with Crippen LogP contribution in [0, 0.1) is 23.4 Å². The van der Waals surface area contributed by atoms with Gasteiger partial charge in [0.1, 0.15) is 0 Å². The van der Waals surface area contributed by atoms with Gasteiger partial charge in [-0.1, -0.05) is 6.07 Å². The van der Waals surface area contributed by atoms with Crippen molar-refractivity contribution in [1.82, 2.24) is 5.32 Å². The molecular formula is C14H16F5N. The Morgan fingerprint density at radius 1 is 1.10 bits per heavy atom. The van der Waals surface area contributed by atoms with E-state index in [0.717, 1.165) is 6.07 Å². The summed E-state index contributed by atoms with van der Waals surface area (Å²) in [6.07, 6.45) is -0.0871. The predicted molar refractivity (Wildman–Crippen MR) is 65.0 cm³/mol. The van der Waals surface area contributed by atoms with Crippen LogP contribution in [-0.4, -0.2) is 13.0 Å². The van der Waals surface area contributed by atoms with Crippen LogP contribution in [0.25, 0.3) is 0 Å². The average molecular weight is 293 g/mol. The Kier molecular flexibility index (Phi) is 4.32. The quantitative estimate of drug-likeness (QED) is 0.651.